The lowest BCUT2D eigenvalue weighted by Gasteiger charge is -2.39. The maximum atomic E-state index is 13.9. The van der Waals surface area contributed by atoms with E-state index in [2.05, 4.69) is 0 Å². The summed E-state index contributed by atoms with van der Waals surface area (Å²) >= 11 is 0. The van der Waals surface area contributed by atoms with E-state index in [4.69, 9.17) is 9.47 Å². The van der Waals surface area contributed by atoms with Crippen molar-refractivity contribution in [2.75, 3.05) is 19.8 Å². The molecule has 1 unspecified atom stereocenters. The van der Waals surface area contributed by atoms with Crippen molar-refractivity contribution in [3.8, 4) is 0 Å². The van der Waals surface area contributed by atoms with Crippen molar-refractivity contribution in [2.45, 2.75) is 76.3 Å². The number of allylic oxidation sites excluding steroid dienone is 1. The predicted octanol–water partition coefficient (Wildman–Crippen LogP) is 1.43. The van der Waals surface area contributed by atoms with Crippen molar-refractivity contribution < 1.29 is 29.0 Å². The summed E-state index contributed by atoms with van der Waals surface area (Å²) in [7, 11) is 0. The van der Waals surface area contributed by atoms with Crippen molar-refractivity contribution in [1.82, 2.24) is 9.80 Å². The average molecular weight is 447 g/mol. The number of carbonyl (C=O) groups is 3. The molecule has 8 nitrogen and oxygen atoms in total. The zero-order valence-corrected chi connectivity index (χ0v) is 19.1. The summed E-state index contributed by atoms with van der Waals surface area (Å²) in [6.07, 6.45) is 9.88. The number of aliphatic hydroxyl groups is 1. The minimum Gasteiger partial charge on any atom is -0.465 e. The minimum atomic E-state index is -1.27. The van der Waals surface area contributed by atoms with E-state index < -0.39 is 41.6 Å². The van der Waals surface area contributed by atoms with Gasteiger partial charge in [0, 0.05) is 12.6 Å². The Morgan fingerprint density at radius 3 is 2.66 bits per heavy atom. The Morgan fingerprint density at radius 2 is 1.97 bits per heavy atom. The molecule has 2 saturated heterocycles. The summed E-state index contributed by atoms with van der Waals surface area (Å²) in [6, 6.07) is -1.54. The molecule has 0 radical (unpaired) electrons. The molecule has 4 aliphatic heterocycles. The molecule has 4 aliphatic rings. The fraction of sp³-hybridized carbons (Fsp3) is 0.708. The molecule has 32 heavy (non-hydrogen) atoms. The first-order valence-corrected chi connectivity index (χ1v) is 11.8. The zero-order chi connectivity index (χ0) is 23.0. The van der Waals surface area contributed by atoms with Crippen LogP contribution in [0.5, 0.6) is 0 Å². The Hall–Kier alpha value is -2.19. The van der Waals surface area contributed by atoms with Gasteiger partial charge in [-0.3, -0.25) is 14.4 Å². The molecule has 1 N–H and O–H groups in total. The Bertz CT molecular complexity index is 819. The Morgan fingerprint density at radius 1 is 1.19 bits per heavy atom. The van der Waals surface area contributed by atoms with Gasteiger partial charge in [0.05, 0.1) is 31.3 Å². The number of esters is 1. The van der Waals surface area contributed by atoms with Gasteiger partial charge in [0.15, 0.2) is 0 Å². The second-order valence-electron chi connectivity index (χ2n) is 9.41. The maximum Gasteiger partial charge on any atom is 0.312 e. The molecule has 0 aromatic heterocycles. The average Bonchev–Trinajstić information content (AvgIpc) is 3.15. The third-order valence-electron chi connectivity index (χ3n) is 7.27. The van der Waals surface area contributed by atoms with E-state index in [-0.39, 0.29) is 24.5 Å². The van der Waals surface area contributed by atoms with E-state index in [9.17, 15) is 19.5 Å². The van der Waals surface area contributed by atoms with Crippen LogP contribution in [0.25, 0.3) is 0 Å². The molecule has 0 bridgehead atoms. The van der Waals surface area contributed by atoms with E-state index >= 15 is 0 Å². The Kier molecular flexibility index (Phi) is 6.45. The summed E-state index contributed by atoms with van der Waals surface area (Å²) in [5.41, 5.74) is -1.27. The predicted molar refractivity (Wildman–Crippen MR) is 116 cm³/mol. The first-order valence-electron chi connectivity index (χ1n) is 11.8. The molecular formula is C24H34N2O6. The van der Waals surface area contributed by atoms with Gasteiger partial charge in [-0.1, -0.05) is 31.2 Å². The fourth-order valence-corrected chi connectivity index (χ4v) is 5.65. The van der Waals surface area contributed by atoms with Crippen LogP contribution in [0, 0.1) is 11.8 Å². The van der Waals surface area contributed by atoms with Crippen molar-refractivity contribution in [3.63, 3.8) is 0 Å². The molecule has 2 fully saturated rings. The number of cyclic esters (lactones) is 1. The van der Waals surface area contributed by atoms with Gasteiger partial charge in [0.1, 0.15) is 17.6 Å². The molecule has 0 aromatic rings. The highest BCUT2D eigenvalue weighted by Gasteiger charge is 2.72. The van der Waals surface area contributed by atoms with Crippen LogP contribution in [0.3, 0.4) is 0 Å². The number of nitrogens with zero attached hydrogens (tertiary/aromatic N) is 2. The number of aliphatic hydroxyl groups excluding tert-OH is 1. The first-order chi connectivity index (χ1) is 15.4. The lowest BCUT2D eigenvalue weighted by molar-refractivity contribution is -0.156. The number of carbonyl (C=O) groups excluding carboxylic acids is 3. The summed E-state index contributed by atoms with van der Waals surface area (Å²) < 4.78 is 12.1. The summed E-state index contributed by atoms with van der Waals surface area (Å²) in [5, 5.41) is 10.0. The van der Waals surface area contributed by atoms with E-state index in [1.165, 1.54) is 4.90 Å². The maximum absolute atomic E-state index is 13.9. The second-order valence-corrected chi connectivity index (χ2v) is 9.41. The number of likely N-dealkylation sites (tertiary alicyclic amines) is 1. The highest BCUT2D eigenvalue weighted by atomic mass is 16.6. The molecule has 0 aliphatic carbocycles. The molecule has 0 saturated carbocycles. The third-order valence-corrected chi connectivity index (χ3v) is 7.27. The molecule has 4 heterocycles. The number of amides is 2. The van der Waals surface area contributed by atoms with E-state index in [1.807, 2.05) is 45.1 Å². The van der Waals surface area contributed by atoms with Crippen molar-refractivity contribution in [3.05, 3.63) is 24.3 Å². The molecule has 8 heteroatoms. The van der Waals surface area contributed by atoms with E-state index in [0.717, 1.165) is 19.3 Å². The second kappa shape index (κ2) is 8.98. The molecule has 0 aromatic carbocycles. The van der Waals surface area contributed by atoms with Gasteiger partial charge >= 0.3 is 5.97 Å². The van der Waals surface area contributed by atoms with Crippen LogP contribution in [0.15, 0.2) is 24.3 Å². The Labute approximate surface area is 189 Å². The SMILES string of the molecule is CC[C@@H](CO)N1C(=O)[C@@H]2[C@H]3C(=O)OCCCC/C=C\[C@H]3O[C@@]23C=CCN(C(C)C)C(=O)C13. The van der Waals surface area contributed by atoms with E-state index in [1.54, 1.807) is 4.90 Å². The number of hydrogen-bond acceptors (Lipinski definition) is 6. The van der Waals surface area contributed by atoms with Crippen molar-refractivity contribution >= 4 is 17.8 Å². The molecule has 4 rings (SSSR count). The molecule has 176 valence electrons. The van der Waals surface area contributed by atoms with Crippen LogP contribution in [0.2, 0.25) is 0 Å². The van der Waals surface area contributed by atoms with Crippen LogP contribution in [0.1, 0.15) is 46.5 Å². The molecular weight excluding hydrogens is 412 g/mol. The van der Waals surface area contributed by atoms with Gasteiger partial charge < -0.3 is 24.4 Å². The zero-order valence-electron chi connectivity index (χ0n) is 19.1. The monoisotopic (exact) mass is 446 g/mol. The van der Waals surface area contributed by atoms with Crippen LogP contribution in [-0.4, -0.2) is 82.3 Å². The Balaban J connectivity index is 1.85. The van der Waals surface area contributed by atoms with Crippen LogP contribution in [0.4, 0.5) is 0 Å². The lowest BCUT2D eigenvalue weighted by atomic mass is 9.78. The van der Waals surface area contributed by atoms with Crippen molar-refractivity contribution in [1.29, 1.82) is 0 Å². The van der Waals surface area contributed by atoms with Crippen LogP contribution < -0.4 is 0 Å². The largest absolute Gasteiger partial charge is 0.465 e. The minimum absolute atomic E-state index is 0.0699. The molecule has 6 atom stereocenters. The quantitative estimate of drug-likeness (QED) is 0.518. The standard InChI is InChI=1S/C24H34N2O6/c1-4-16(14-27)26-20-22(29)25(15(2)3)12-9-11-24(20)19(21(26)28)18-17(32-24)10-7-5-6-8-13-31-23(18)30/h7,9-11,15-20,27H,4-6,8,12-14H2,1-3H3/b10-7-/t16-,17+,18-,19-,20?,24-/m0/s1. The van der Waals surface area contributed by atoms with E-state index in [0.29, 0.717) is 19.6 Å². The van der Waals surface area contributed by atoms with Crippen LogP contribution >= 0.6 is 0 Å². The summed E-state index contributed by atoms with van der Waals surface area (Å²) in [6.45, 7) is 6.18. The number of rotatable bonds is 4. The van der Waals surface area contributed by atoms with Gasteiger partial charge in [-0.15, -0.1) is 0 Å². The summed E-state index contributed by atoms with van der Waals surface area (Å²) in [5.74, 6) is -2.70. The highest BCUT2D eigenvalue weighted by Crippen LogP contribution is 2.53. The normalized spacial score (nSPS) is 37.0. The molecule has 2 amide bonds. The lowest BCUT2D eigenvalue weighted by Crippen LogP contribution is -2.58. The fourth-order valence-electron chi connectivity index (χ4n) is 5.65. The van der Waals surface area contributed by atoms with Gasteiger partial charge in [-0.2, -0.15) is 0 Å². The summed E-state index contributed by atoms with van der Waals surface area (Å²) in [4.78, 5) is 44.1. The van der Waals surface area contributed by atoms with Crippen molar-refractivity contribution in [2.24, 2.45) is 11.8 Å². The number of hydrogen-bond donors (Lipinski definition) is 1. The first kappa shape index (κ1) is 23.0. The smallest absolute Gasteiger partial charge is 0.312 e. The number of ether oxygens (including phenoxy) is 2. The van der Waals surface area contributed by atoms with Gasteiger partial charge in [0.25, 0.3) is 0 Å². The van der Waals surface area contributed by atoms with Gasteiger partial charge in [-0.05, 0) is 39.5 Å². The topological polar surface area (TPSA) is 96.4 Å². The molecule has 1 spiro atoms. The van der Waals surface area contributed by atoms with Gasteiger partial charge in [-0.25, -0.2) is 0 Å². The van der Waals surface area contributed by atoms with Crippen LogP contribution in [-0.2, 0) is 23.9 Å². The van der Waals surface area contributed by atoms with Gasteiger partial charge in [0.2, 0.25) is 11.8 Å². The third kappa shape index (κ3) is 3.48. The number of fused-ring (bicyclic) bond motifs is 2. The highest BCUT2D eigenvalue weighted by molar-refractivity contribution is 5.99.